The zero-order valence-electron chi connectivity index (χ0n) is 13.4. The lowest BCUT2D eigenvalue weighted by atomic mass is 10.2. The second kappa shape index (κ2) is 5.47. The van der Waals surface area contributed by atoms with Crippen LogP contribution < -0.4 is 5.32 Å². The molecule has 1 aromatic carbocycles. The van der Waals surface area contributed by atoms with E-state index in [1.54, 1.807) is 12.1 Å². The average molecular weight is 304 g/mol. The summed E-state index contributed by atoms with van der Waals surface area (Å²) < 4.78 is 5.41. The van der Waals surface area contributed by atoms with Crippen LogP contribution in [0.2, 0.25) is 0 Å². The molecule has 0 spiro atoms. The van der Waals surface area contributed by atoms with E-state index in [1.165, 1.54) is 0 Å². The highest BCUT2D eigenvalue weighted by Gasteiger charge is 2.56. The Morgan fingerprint density at radius 2 is 1.86 bits per heavy atom. The van der Waals surface area contributed by atoms with Gasteiger partial charge in [-0.25, -0.2) is 4.79 Å². The van der Waals surface area contributed by atoms with Crippen LogP contribution in [0.1, 0.15) is 26.3 Å². The number of rotatable bonds is 3. The summed E-state index contributed by atoms with van der Waals surface area (Å²) >= 11 is 0. The summed E-state index contributed by atoms with van der Waals surface area (Å²) in [6.07, 6.45) is -0.197. The molecular weight excluding hydrogens is 280 g/mol. The Labute approximate surface area is 131 Å². The van der Waals surface area contributed by atoms with Crippen LogP contribution in [0.5, 0.6) is 5.75 Å². The second-order valence-corrected chi connectivity index (χ2v) is 7.29. The molecule has 2 unspecified atom stereocenters. The molecule has 22 heavy (non-hydrogen) atoms. The third-order valence-electron chi connectivity index (χ3n) is 4.32. The minimum absolute atomic E-state index is 0.197. The number of ether oxygens (including phenoxy) is 1. The Morgan fingerprint density at radius 1 is 1.27 bits per heavy atom. The molecule has 1 amide bonds. The summed E-state index contributed by atoms with van der Waals surface area (Å²) in [5.41, 5.74) is 0.729. The van der Waals surface area contributed by atoms with Gasteiger partial charge in [0.2, 0.25) is 0 Å². The standard InChI is InChI=1S/C17H24N2O3/c1-17(2,3)22-16(21)19-9-13-14(10-19)15(13)18-8-11-4-6-12(20)7-5-11/h4-7,13-15,18,20H,8-10H2,1-3H3. The fourth-order valence-electron chi connectivity index (χ4n) is 3.15. The predicted molar refractivity (Wildman–Crippen MR) is 83.5 cm³/mol. The van der Waals surface area contributed by atoms with E-state index in [9.17, 15) is 9.90 Å². The van der Waals surface area contributed by atoms with Crippen LogP contribution in [-0.2, 0) is 11.3 Å². The highest BCUT2D eigenvalue weighted by atomic mass is 16.6. The van der Waals surface area contributed by atoms with Crippen molar-refractivity contribution in [3.63, 3.8) is 0 Å². The molecule has 0 aromatic heterocycles. The van der Waals surface area contributed by atoms with Gasteiger partial charge in [-0.2, -0.15) is 0 Å². The molecular formula is C17H24N2O3. The van der Waals surface area contributed by atoms with Crippen LogP contribution >= 0.6 is 0 Å². The van der Waals surface area contributed by atoms with Gasteiger partial charge < -0.3 is 20.1 Å². The van der Waals surface area contributed by atoms with Crippen molar-refractivity contribution in [2.75, 3.05) is 13.1 Å². The Bertz CT molecular complexity index is 538. The molecule has 1 heterocycles. The molecule has 1 saturated heterocycles. The molecule has 1 saturated carbocycles. The Hall–Kier alpha value is -1.75. The van der Waals surface area contributed by atoms with Gasteiger partial charge in [-0.15, -0.1) is 0 Å². The van der Waals surface area contributed by atoms with E-state index in [1.807, 2.05) is 37.8 Å². The van der Waals surface area contributed by atoms with E-state index in [0.29, 0.717) is 23.6 Å². The van der Waals surface area contributed by atoms with Gasteiger partial charge in [0.15, 0.2) is 0 Å². The summed E-state index contributed by atoms with van der Waals surface area (Å²) in [7, 11) is 0. The fraction of sp³-hybridized carbons (Fsp3) is 0.588. The fourth-order valence-corrected chi connectivity index (χ4v) is 3.15. The highest BCUT2D eigenvalue weighted by Crippen LogP contribution is 2.45. The maximum Gasteiger partial charge on any atom is 0.410 e. The number of piperidine rings is 1. The van der Waals surface area contributed by atoms with E-state index < -0.39 is 5.60 Å². The number of fused-ring (bicyclic) bond motifs is 1. The monoisotopic (exact) mass is 304 g/mol. The van der Waals surface area contributed by atoms with Gasteiger partial charge in [0.25, 0.3) is 0 Å². The quantitative estimate of drug-likeness (QED) is 0.900. The van der Waals surface area contributed by atoms with Crippen molar-refractivity contribution >= 4 is 6.09 Å². The van der Waals surface area contributed by atoms with E-state index in [4.69, 9.17) is 4.74 Å². The topological polar surface area (TPSA) is 61.8 Å². The smallest absolute Gasteiger partial charge is 0.410 e. The van der Waals surface area contributed by atoms with Gasteiger partial charge in [0, 0.05) is 25.7 Å². The molecule has 2 aliphatic rings. The first-order valence-corrected chi connectivity index (χ1v) is 7.83. The van der Waals surface area contributed by atoms with Gasteiger partial charge in [-0.05, 0) is 50.3 Å². The lowest BCUT2D eigenvalue weighted by molar-refractivity contribution is 0.0269. The zero-order chi connectivity index (χ0) is 15.9. The molecule has 1 aliphatic carbocycles. The number of nitrogens with one attached hydrogen (secondary N) is 1. The van der Waals surface area contributed by atoms with Crippen LogP contribution in [0.4, 0.5) is 4.79 Å². The van der Waals surface area contributed by atoms with Crippen molar-refractivity contribution in [3.8, 4) is 5.75 Å². The van der Waals surface area contributed by atoms with Crippen molar-refractivity contribution in [2.24, 2.45) is 11.8 Å². The van der Waals surface area contributed by atoms with E-state index in [-0.39, 0.29) is 6.09 Å². The maximum atomic E-state index is 12.0. The molecule has 0 radical (unpaired) electrons. The second-order valence-electron chi connectivity index (χ2n) is 7.29. The minimum atomic E-state index is -0.430. The van der Waals surface area contributed by atoms with Crippen LogP contribution in [0.15, 0.2) is 24.3 Å². The Morgan fingerprint density at radius 3 is 2.41 bits per heavy atom. The van der Waals surface area contributed by atoms with Gasteiger partial charge in [-0.1, -0.05) is 12.1 Å². The third-order valence-corrected chi connectivity index (χ3v) is 4.32. The molecule has 0 bridgehead atoms. The summed E-state index contributed by atoms with van der Waals surface area (Å²) in [6.45, 7) is 8.04. The number of nitrogens with zero attached hydrogens (tertiary/aromatic N) is 1. The summed E-state index contributed by atoms with van der Waals surface area (Å²) in [5.74, 6) is 1.38. The summed E-state index contributed by atoms with van der Waals surface area (Å²) in [4.78, 5) is 13.8. The van der Waals surface area contributed by atoms with Gasteiger partial charge in [-0.3, -0.25) is 0 Å². The number of benzene rings is 1. The number of likely N-dealkylation sites (tertiary alicyclic amines) is 1. The maximum absolute atomic E-state index is 12.0. The van der Waals surface area contributed by atoms with Crippen LogP contribution in [-0.4, -0.2) is 40.8 Å². The molecule has 120 valence electrons. The van der Waals surface area contributed by atoms with Crippen molar-refractivity contribution in [1.82, 2.24) is 10.2 Å². The van der Waals surface area contributed by atoms with Gasteiger partial charge in [0.05, 0.1) is 0 Å². The molecule has 1 aromatic rings. The molecule has 2 atom stereocenters. The first kappa shape index (κ1) is 15.2. The van der Waals surface area contributed by atoms with E-state index >= 15 is 0 Å². The lowest BCUT2D eigenvalue weighted by Gasteiger charge is -2.26. The van der Waals surface area contributed by atoms with Crippen molar-refractivity contribution in [1.29, 1.82) is 0 Å². The zero-order valence-corrected chi connectivity index (χ0v) is 13.4. The van der Waals surface area contributed by atoms with Crippen molar-refractivity contribution in [3.05, 3.63) is 29.8 Å². The van der Waals surface area contributed by atoms with Gasteiger partial charge >= 0.3 is 6.09 Å². The largest absolute Gasteiger partial charge is 0.508 e. The van der Waals surface area contributed by atoms with E-state index in [2.05, 4.69) is 5.32 Å². The first-order valence-electron chi connectivity index (χ1n) is 7.83. The number of aromatic hydroxyl groups is 1. The summed E-state index contributed by atoms with van der Waals surface area (Å²) in [5, 5.41) is 12.8. The minimum Gasteiger partial charge on any atom is -0.508 e. The van der Waals surface area contributed by atoms with Crippen molar-refractivity contribution < 1.29 is 14.6 Å². The molecule has 3 rings (SSSR count). The molecule has 5 heteroatoms. The van der Waals surface area contributed by atoms with Crippen molar-refractivity contribution in [2.45, 2.75) is 39.0 Å². The number of phenols is 1. The Kier molecular flexibility index (Phi) is 3.77. The lowest BCUT2D eigenvalue weighted by Crippen LogP contribution is -2.39. The number of hydrogen-bond acceptors (Lipinski definition) is 4. The third kappa shape index (κ3) is 3.35. The molecule has 1 aliphatic heterocycles. The number of amides is 1. The van der Waals surface area contributed by atoms with Crippen LogP contribution in [0, 0.1) is 11.8 Å². The Balaban J connectivity index is 1.43. The normalized spacial score (nSPS) is 26.7. The predicted octanol–water partition coefficient (Wildman–Crippen LogP) is 2.35. The average Bonchev–Trinajstić information content (AvgIpc) is 2.88. The SMILES string of the molecule is CC(C)(C)OC(=O)N1CC2C(C1)C2NCc1ccc(O)cc1. The van der Waals surface area contributed by atoms with Gasteiger partial charge in [0.1, 0.15) is 11.4 Å². The van der Waals surface area contributed by atoms with E-state index in [0.717, 1.165) is 25.2 Å². The number of carbonyl (C=O) groups is 1. The molecule has 2 fully saturated rings. The van der Waals surface area contributed by atoms with Crippen LogP contribution in [0.3, 0.4) is 0 Å². The number of hydrogen-bond donors (Lipinski definition) is 2. The highest BCUT2D eigenvalue weighted by molar-refractivity contribution is 5.69. The number of carbonyl (C=O) groups excluding carboxylic acids is 1. The number of phenolic OH excluding ortho intramolecular Hbond substituents is 1. The molecule has 5 nitrogen and oxygen atoms in total. The molecule has 2 N–H and O–H groups in total. The summed E-state index contributed by atoms with van der Waals surface area (Å²) in [6, 6.07) is 7.75. The van der Waals surface area contributed by atoms with Crippen LogP contribution in [0.25, 0.3) is 0 Å². The first-order chi connectivity index (χ1) is 10.3.